The summed E-state index contributed by atoms with van der Waals surface area (Å²) in [4.78, 5) is 11.9. The lowest BCUT2D eigenvalue weighted by atomic mass is 9.99. The largest absolute Gasteiger partial charge is 0.324 e. The first-order chi connectivity index (χ1) is 8.49. The van der Waals surface area contributed by atoms with Crippen LogP contribution < -0.4 is 11.1 Å². The van der Waals surface area contributed by atoms with Gasteiger partial charge >= 0.3 is 0 Å². The second kappa shape index (κ2) is 6.53. The van der Waals surface area contributed by atoms with E-state index in [1.54, 1.807) is 18.2 Å². The van der Waals surface area contributed by atoms with Crippen LogP contribution in [-0.2, 0) is 4.79 Å². The molecule has 18 heavy (non-hydrogen) atoms. The first-order valence-corrected chi connectivity index (χ1v) is 6.55. The van der Waals surface area contributed by atoms with Crippen LogP contribution in [0.2, 0.25) is 0 Å². The van der Waals surface area contributed by atoms with E-state index in [0.29, 0.717) is 11.3 Å². The Morgan fingerprint density at radius 1 is 1.61 bits per heavy atom. The maximum absolute atomic E-state index is 11.9. The molecule has 2 unspecified atom stereocenters. The number of hydrogen-bond donors (Lipinski definition) is 2. The van der Waals surface area contributed by atoms with Crippen LogP contribution in [0.4, 0.5) is 5.69 Å². The molecule has 0 spiro atoms. The van der Waals surface area contributed by atoms with Crippen molar-refractivity contribution in [3.05, 3.63) is 28.2 Å². The Kier molecular flexibility index (Phi) is 5.32. The monoisotopic (exact) mass is 309 g/mol. The van der Waals surface area contributed by atoms with Crippen molar-refractivity contribution in [3.8, 4) is 6.07 Å². The number of rotatable bonds is 4. The highest BCUT2D eigenvalue weighted by molar-refractivity contribution is 9.10. The fraction of sp³-hybridized carbons (Fsp3) is 0.385. The standard InChI is InChI=1S/C13H16BrN3O/c1-3-8(2)12(16)13(18)17-11-5-4-10(14)6-9(11)7-15/h4-6,8,12H,3,16H2,1-2H3,(H,17,18). The number of nitrogens with two attached hydrogens (primary N) is 1. The van der Waals surface area contributed by atoms with Crippen molar-refractivity contribution in [2.45, 2.75) is 26.3 Å². The number of carbonyl (C=O) groups is 1. The van der Waals surface area contributed by atoms with Gasteiger partial charge in [-0.2, -0.15) is 5.26 Å². The number of carbonyl (C=O) groups excluding carboxylic acids is 1. The first-order valence-electron chi connectivity index (χ1n) is 5.75. The van der Waals surface area contributed by atoms with Gasteiger partial charge < -0.3 is 11.1 Å². The van der Waals surface area contributed by atoms with Gasteiger partial charge in [0, 0.05) is 4.47 Å². The van der Waals surface area contributed by atoms with Crippen LogP contribution in [0.3, 0.4) is 0 Å². The Labute approximate surface area is 115 Å². The van der Waals surface area contributed by atoms with E-state index in [4.69, 9.17) is 11.0 Å². The third kappa shape index (κ3) is 3.56. The molecule has 0 fully saturated rings. The second-order valence-electron chi connectivity index (χ2n) is 4.20. The zero-order chi connectivity index (χ0) is 13.7. The number of anilines is 1. The number of nitrogens with one attached hydrogen (secondary N) is 1. The van der Waals surface area contributed by atoms with Crippen LogP contribution in [0.1, 0.15) is 25.8 Å². The Morgan fingerprint density at radius 3 is 2.83 bits per heavy atom. The molecule has 1 aromatic rings. The summed E-state index contributed by atoms with van der Waals surface area (Å²) >= 11 is 3.28. The first kappa shape index (κ1) is 14.7. The van der Waals surface area contributed by atoms with E-state index >= 15 is 0 Å². The van der Waals surface area contributed by atoms with Crippen molar-refractivity contribution < 1.29 is 4.79 Å². The average Bonchev–Trinajstić information content (AvgIpc) is 2.38. The van der Waals surface area contributed by atoms with Gasteiger partial charge in [0.2, 0.25) is 5.91 Å². The molecule has 1 rings (SSSR count). The van der Waals surface area contributed by atoms with Gasteiger partial charge in [0.25, 0.3) is 0 Å². The van der Waals surface area contributed by atoms with E-state index in [1.165, 1.54) is 0 Å². The molecule has 0 bridgehead atoms. The minimum atomic E-state index is -0.565. The van der Waals surface area contributed by atoms with Gasteiger partial charge in [-0.15, -0.1) is 0 Å². The molecule has 0 aliphatic carbocycles. The Bertz CT molecular complexity index is 482. The molecule has 5 heteroatoms. The zero-order valence-corrected chi connectivity index (χ0v) is 12.0. The van der Waals surface area contributed by atoms with E-state index in [1.807, 2.05) is 19.9 Å². The van der Waals surface area contributed by atoms with Gasteiger partial charge in [0.05, 0.1) is 17.3 Å². The lowest BCUT2D eigenvalue weighted by Gasteiger charge is -2.18. The summed E-state index contributed by atoms with van der Waals surface area (Å²) in [5, 5.41) is 11.7. The molecule has 0 aliphatic heterocycles. The number of amides is 1. The third-order valence-electron chi connectivity index (χ3n) is 2.92. The summed E-state index contributed by atoms with van der Waals surface area (Å²) in [5.41, 5.74) is 6.74. The molecule has 2 atom stereocenters. The van der Waals surface area contributed by atoms with Crippen molar-refractivity contribution in [3.63, 3.8) is 0 Å². The van der Waals surface area contributed by atoms with E-state index in [0.717, 1.165) is 10.9 Å². The Hall–Kier alpha value is -1.38. The highest BCUT2D eigenvalue weighted by Gasteiger charge is 2.20. The lowest BCUT2D eigenvalue weighted by molar-refractivity contribution is -0.118. The van der Waals surface area contributed by atoms with E-state index in [2.05, 4.69) is 21.2 Å². The number of benzene rings is 1. The van der Waals surface area contributed by atoms with Crippen LogP contribution in [0.25, 0.3) is 0 Å². The maximum Gasteiger partial charge on any atom is 0.241 e. The van der Waals surface area contributed by atoms with Crippen LogP contribution in [-0.4, -0.2) is 11.9 Å². The molecule has 0 aromatic heterocycles. The average molecular weight is 310 g/mol. The van der Waals surface area contributed by atoms with Crippen LogP contribution in [0, 0.1) is 17.2 Å². The zero-order valence-electron chi connectivity index (χ0n) is 10.4. The molecule has 96 valence electrons. The van der Waals surface area contributed by atoms with Crippen molar-refractivity contribution in [1.82, 2.24) is 0 Å². The number of nitrogens with zero attached hydrogens (tertiary/aromatic N) is 1. The van der Waals surface area contributed by atoms with Gasteiger partial charge in [0.1, 0.15) is 6.07 Å². The Balaban J connectivity index is 2.86. The summed E-state index contributed by atoms with van der Waals surface area (Å²) < 4.78 is 0.795. The predicted molar refractivity (Wildman–Crippen MR) is 74.9 cm³/mol. The molecule has 3 N–H and O–H groups in total. The van der Waals surface area contributed by atoms with Crippen LogP contribution >= 0.6 is 15.9 Å². The van der Waals surface area contributed by atoms with Gasteiger partial charge in [-0.1, -0.05) is 36.2 Å². The molecule has 0 heterocycles. The fourth-order valence-corrected chi connectivity index (χ4v) is 1.81. The smallest absolute Gasteiger partial charge is 0.241 e. The molecule has 1 aromatic carbocycles. The fourth-order valence-electron chi connectivity index (χ4n) is 1.45. The van der Waals surface area contributed by atoms with Gasteiger partial charge in [-0.25, -0.2) is 0 Å². The molecular weight excluding hydrogens is 294 g/mol. The van der Waals surface area contributed by atoms with Crippen molar-refractivity contribution in [1.29, 1.82) is 5.26 Å². The predicted octanol–water partition coefficient (Wildman–Crippen LogP) is 2.63. The third-order valence-corrected chi connectivity index (χ3v) is 3.41. The lowest BCUT2D eigenvalue weighted by Crippen LogP contribution is -2.40. The number of nitriles is 1. The van der Waals surface area contributed by atoms with Gasteiger partial charge in [0.15, 0.2) is 0 Å². The highest BCUT2D eigenvalue weighted by Crippen LogP contribution is 2.20. The SMILES string of the molecule is CCC(C)C(N)C(=O)Nc1ccc(Br)cc1C#N. The summed E-state index contributed by atoms with van der Waals surface area (Å²) in [6.07, 6.45) is 0.833. The van der Waals surface area contributed by atoms with Gasteiger partial charge in [-0.05, 0) is 24.1 Å². The summed E-state index contributed by atoms with van der Waals surface area (Å²) in [6, 6.07) is 6.58. The second-order valence-corrected chi connectivity index (χ2v) is 5.12. The molecule has 4 nitrogen and oxygen atoms in total. The van der Waals surface area contributed by atoms with E-state index < -0.39 is 6.04 Å². The van der Waals surface area contributed by atoms with Gasteiger partial charge in [-0.3, -0.25) is 4.79 Å². The minimum absolute atomic E-state index is 0.103. The van der Waals surface area contributed by atoms with E-state index in [9.17, 15) is 4.79 Å². The molecule has 0 radical (unpaired) electrons. The normalized spacial score (nSPS) is 13.5. The topological polar surface area (TPSA) is 78.9 Å². The summed E-state index contributed by atoms with van der Waals surface area (Å²) in [6.45, 7) is 3.91. The van der Waals surface area contributed by atoms with Crippen molar-refractivity contribution in [2.75, 3.05) is 5.32 Å². The Morgan fingerprint density at radius 2 is 2.28 bits per heavy atom. The number of hydrogen-bond acceptors (Lipinski definition) is 3. The molecule has 0 aliphatic rings. The molecule has 1 amide bonds. The maximum atomic E-state index is 11.9. The number of halogens is 1. The summed E-state index contributed by atoms with van der Waals surface area (Å²) in [7, 11) is 0. The van der Waals surface area contributed by atoms with Crippen molar-refractivity contribution in [2.24, 2.45) is 11.7 Å². The summed E-state index contributed by atoms with van der Waals surface area (Å²) in [5.74, 6) is -0.158. The minimum Gasteiger partial charge on any atom is -0.324 e. The van der Waals surface area contributed by atoms with Crippen molar-refractivity contribution >= 4 is 27.5 Å². The molecular formula is C13H16BrN3O. The molecule has 0 saturated carbocycles. The highest BCUT2D eigenvalue weighted by atomic mass is 79.9. The van der Waals surface area contributed by atoms with E-state index in [-0.39, 0.29) is 11.8 Å². The van der Waals surface area contributed by atoms with Crippen LogP contribution in [0.5, 0.6) is 0 Å². The van der Waals surface area contributed by atoms with Crippen LogP contribution in [0.15, 0.2) is 22.7 Å². The quantitative estimate of drug-likeness (QED) is 0.897. The molecule has 0 saturated heterocycles.